The molecule has 2 unspecified atom stereocenters. The first-order valence-corrected chi connectivity index (χ1v) is 7.01. The van der Waals surface area contributed by atoms with Gasteiger partial charge in [0.05, 0.1) is 18.4 Å². The van der Waals surface area contributed by atoms with E-state index in [1.54, 1.807) is 18.2 Å². The Morgan fingerprint density at radius 2 is 2.12 bits per heavy atom. The molecule has 0 aliphatic rings. The standard InChI is InChI=1S/C17H14F2N2O3/c1-10(16(22)11-4-5-14(18)15(19)8-11)21-17(23)12(9-20)7-13-3-2-6-24-13/h2-8,10,16,22H,1H3,(H,21,23)/b12-7+. The van der Waals surface area contributed by atoms with E-state index in [9.17, 15) is 18.7 Å². The average molecular weight is 332 g/mol. The molecule has 0 bridgehead atoms. The topological polar surface area (TPSA) is 86.3 Å². The number of carbonyl (C=O) groups is 1. The van der Waals surface area contributed by atoms with Crippen LogP contribution in [-0.2, 0) is 4.79 Å². The molecular formula is C17H14F2N2O3. The maximum atomic E-state index is 13.2. The highest BCUT2D eigenvalue weighted by Crippen LogP contribution is 2.19. The highest BCUT2D eigenvalue weighted by Gasteiger charge is 2.21. The largest absolute Gasteiger partial charge is 0.465 e. The summed E-state index contributed by atoms with van der Waals surface area (Å²) in [4.78, 5) is 12.1. The van der Waals surface area contributed by atoms with Crippen LogP contribution in [0.2, 0.25) is 0 Å². The Morgan fingerprint density at radius 1 is 1.38 bits per heavy atom. The van der Waals surface area contributed by atoms with Gasteiger partial charge in [-0.05, 0) is 36.8 Å². The third kappa shape index (κ3) is 4.06. The van der Waals surface area contributed by atoms with Gasteiger partial charge in [-0.2, -0.15) is 5.26 Å². The highest BCUT2D eigenvalue weighted by atomic mass is 19.2. The molecule has 0 spiro atoms. The number of halogens is 2. The highest BCUT2D eigenvalue weighted by molar-refractivity contribution is 6.01. The molecule has 0 aliphatic carbocycles. The van der Waals surface area contributed by atoms with E-state index in [0.717, 1.165) is 12.1 Å². The second-order valence-corrected chi connectivity index (χ2v) is 5.07. The number of nitriles is 1. The molecule has 0 saturated heterocycles. The summed E-state index contributed by atoms with van der Waals surface area (Å²) in [5.41, 5.74) is -0.107. The number of rotatable bonds is 5. The SMILES string of the molecule is CC(NC(=O)/C(C#N)=C/c1ccco1)C(O)c1ccc(F)c(F)c1. The van der Waals surface area contributed by atoms with Gasteiger partial charge < -0.3 is 14.8 Å². The number of nitrogens with zero attached hydrogens (tertiary/aromatic N) is 1. The van der Waals surface area contributed by atoms with E-state index in [1.165, 1.54) is 25.3 Å². The second-order valence-electron chi connectivity index (χ2n) is 5.07. The predicted molar refractivity (Wildman–Crippen MR) is 81.2 cm³/mol. The minimum absolute atomic E-state index is 0.107. The van der Waals surface area contributed by atoms with Gasteiger partial charge in [-0.1, -0.05) is 6.07 Å². The summed E-state index contributed by atoms with van der Waals surface area (Å²) in [5, 5.41) is 21.6. The molecule has 2 rings (SSSR count). The lowest BCUT2D eigenvalue weighted by atomic mass is 10.0. The molecule has 7 heteroatoms. The van der Waals surface area contributed by atoms with Crippen LogP contribution in [0.3, 0.4) is 0 Å². The van der Waals surface area contributed by atoms with Gasteiger partial charge in [-0.25, -0.2) is 8.78 Å². The number of aliphatic hydroxyl groups excluding tert-OH is 1. The molecule has 0 saturated carbocycles. The van der Waals surface area contributed by atoms with Crippen LogP contribution in [0.25, 0.3) is 6.08 Å². The Labute approximate surface area is 136 Å². The van der Waals surface area contributed by atoms with Gasteiger partial charge in [0.2, 0.25) is 0 Å². The Balaban J connectivity index is 2.09. The van der Waals surface area contributed by atoms with Crippen LogP contribution in [0.5, 0.6) is 0 Å². The maximum absolute atomic E-state index is 13.2. The van der Waals surface area contributed by atoms with Crippen LogP contribution in [0.4, 0.5) is 8.78 Å². The Bertz CT molecular complexity index is 795. The number of amides is 1. The summed E-state index contributed by atoms with van der Waals surface area (Å²) in [6.07, 6.45) is 1.38. The van der Waals surface area contributed by atoms with E-state index >= 15 is 0 Å². The first-order chi connectivity index (χ1) is 11.4. The van der Waals surface area contributed by atoms with Gasteiger partial charge in [-0.3, -0.25) is 4.79 Å². The lowest BCUT2D eigenvalue weighted by Gasteiger charge is -2.20. The van der Waals surface area contributed by atoms with Crippen molar-refractivity contribution in [2.45, 2.75) is 19.1 Å². The molecule has 124 valence electrons. The van der Waals surface area contributed by atoms with Crippen molar-refractivity contribution in [2.75, 3.05) is 0 Å². The fraction of sp³-hybridized carbons (Fsp3) is 0.176. The molecule has 1 aromatic carbocycles. The molecular weight excluding hydrogens is 318 g/mol. The second kappa shape index (κ2) is 7.53. The van der Waals surface area contributed by atoms with Crippen LogP contribution < -0.4 is 5.32 Å². The molecule has 0 radical (unpaired) electrons. The van der Waals surface area contributed by atoms with E-state index < -0.39 is 29.7 Å². The van der Waals surface area contributed by atoms with Crippen molar-refractivity contribution in [1.82, 2.24) is 5.32 Å². The molecule has 0 aliphatic heterocycles. The minimum atomic E-state index is -1.27. The molecule has 1 aromatic heterocycles. The molecule has 1 heterocycles. The molecule has 2 N–H and O–H groups in total. The van der Waals surface area contributed by atoms with Gasteiger partial charge in [0.1, 0.15) is 17.4 Å². The van der Waals surface area contributed by atoms with Crippen molar-refractivity contribution in [2.24, 2.45) is 0 Å². The third-order valence-corrected chi connectivity index (χ3v) is 3.31. The minimum Gasteiger partial charge on any atom is -0.465 e. The van der Waals surface area contributed by atoms with Gasteiger partial charge in [0.15, 0.2) is 11.6 Å². The van der Waals surface area contributed by atoms with Crippen molar-refractivity contribution >= 4 is 12.0 Å². The summed E-state index contributed by atoms with van der Waals surface area (Å²) in [6.45, 7) is 1.48. The third-order valence-electron chi connectivity index (χ3n) is 3.31. The van der Waals surface area contributed by atoms with Crippen LogP contribution >= 0.6 is 0 Å². The van der Waals surface area contributed by atoms with E-state index in [-0.39, 0.29) is 11.1 Å². The summed E-state index contributed by atoms with van der Waals surface area (Å²) in [7, 11) is 0. The monoisotopic (exact) mass is 332 g/mol. The number of hydrogen-bond donors (Lipinski definition) is 2. The number of aliphatic hydroxyl groups is 1. The zero-order chi connectivity index (χ0) is 17.7. The number of hydrogen-bond acceptors (Lipinski definition) is 4. The number of furan rings is 1. The van der Waals surface area contributed by atoms with Gasteiger partial charge in [-0.15, -0.1) is 0 Å². The zero-order valence-electron chi connectivity index (χ0n) is 12.7. The van der Waals surface area contributed by atoms with Crippen molar-refractivity contribution in [3.8, 4) is 6.07 Å². The Morgan fingerprint density at radius 3 is 2.71 bits per heavy atom. The first kappa shape index (κ1) is 17.4. The van der Waals surface area contributed by atoms with Crippen LogP contribution in [0.15, 0.2) is 46.6 Å². The smallest absolute Gasteiger partial charge is 0.262 e. The molecule has 5 nitrogen and oxygen atoms in total. The summed E-state index contributed by atoms with van der Waals surface area (Å²) in [5.74, 6) is -2.52. The van der Waals surface area contributed by atoms with E-state index in [1.807, 2.05) is 0 Å². The fourth-order valence-corrected chi connectivity index (χ4v) is 2.01. The quantitative estimate of drug-likeness (QED) is 0.651. The summed E-state index contributed by atoms with van der Waals surface area (Å²) < 4.78 is 31.2. The molecule has 1 amide bonds. The van der Waals surface area contributed by atoms with Crippen molar-refractivity contribution < 1.29 is 23.1 Å². The maximum Gasteiger partial charge on any atom is 0.262 e. The average Bonchev–Trinajstić information content (AvgIpc) is 3.07. The van der Waals surface area contributed by atoms with Gasteiger partial charge in [0.25, 0.3) is 5.91 Å². The van der Waals surface area contributed by atoms with Gasteiger partial charge in [0, 0.05) is 6.08 Å². The summed E-state index contributed by atoms with van der Waals surface area (Å²) in [6, 6.07) is 7.04. The number of carbonyl (C=O) groups excluding carboxylic acids is 1. The van der Waals surface area contributed by atoms with Crippen molar-refractivity contribution in [1.29, 1.82) is 5.26 Å². The van der Waals surface area contributed by atoms with Crippen molar-refractivity contribution in [3.05, 3.63) is 65.1 Å². The molecule has 2 aromatic rings. The van der Waals surface area contributed by atoms with Crippen LogP contribution in [-0.4, -0.2) is 17.1 Å². The van der Waals surface area contributed by atoms with E-state index in [4.69, 9.17) is 9.68 Å². The first-order valence-electron chi connectivity index (χ1n) is 7.01. The molecule has 0 fully saturated rings. The molecule has 2 atom stereocenters. The molecule has 24 heavy (non-hydrogen) atoms. The van der Waals surface area contributed by atoms with E-state index in [2.05, 4.69) is 5.32 Å². The fourth-order valence-electron chi connectivity index (χ4n) is 2.01. The van der Waals surface area contributed by atoms with Crippen molar-refractivity contribution in [3.63, 3.8) is 0 Å². The Hall–Kier alpha value is -2.98. The lowest BCUT2D eigenvalue weighted by molar-refractivity contribution is -0.118. The van der Waals surface area contributed by atoms with E-state index in [0.29, 0.717) is 5.76 Å². The lowest BCUT2D eigenvalue weighted by Crippen LogP contribution is -2.37. The number of nitrogens with one attached hydrogen (secondary N) is 1. The predicted octanol–water partition coefficient (Wildman–Crippen LogP) is 2.70. The summed E-state index contributed by atoms with van der Waals surface area (Å²) >= 11 is 0. The Kier molecular flexibility index (Phi) is 5.45. The zero-order valence-corrected chi connectivity index (χ0v) is 12.7. The van der Waals surface area contributed by atoms with Crippen LogP contribution in [0.1, 0.15) is 24.4 Å². The number of benzene rings is 1. The van der Waals surface area contributed by atoms with Crippen LogP contribution in [0, 0.1) is 23.0 Å². The van der Waals surface area contributed by atoms with Gasteiger partial charge >= 0.3 is 0 Å². The normalized spacial score (nSPS) is 13.9.